The van der Waals surface area contributed by atoms with Gasteiger partial charge < -0.3 is 4.57 Å². The minimum absolute atomic E-state index is 0. The summed E-state index contributed by atoms with van der Waals surface area (Å²) < 4.78 is 2.18. The van der Waals surface area contributed by atoms with Crippen LogP contribution < -0.4 is 0 Å². The molecule has 1 heterocycles. The molecule has 0 amide bonds. The number of halogens is 2. The molecule has 1 aromatic carbocycles. The van der Waals surface area contributed by atoms with E-state index in [1.807, 2.05) is 18.5 Å². The van der Waals surface area contributed by atoms with Crippen LogP contribution in [0.3, 0.4) is 0 Å². The predicted molar refractivity (Wildman–Crippen MR) is 74.1 cm³/mol. The van der Waals surface area contributed by atoms with E-state index in [-0.39, 0.29) is 12.4 Å². The maximum Gasteiger partial charge on any atom is 0.108 e. The second-order valence-corrected chi connectivity index (χ2v) is 4.13. The van der Waals surface area contributed by atoms with Gasteiger partial charge in [-0.3, -0.25) is 0 Å². The summed E-state index contributed by atoms with van der Waals surface area (Å²) in [7, 11) is 0. The number of nitrogens with zero attached hydrogens (tertiary/aromatic N) is 2. The lowest BCUT2D eigenvalue weighted by atomic mass is 10.2. The molecule has 0 saturated carbocycles. The minimum atomic E-state index is 0. The SMILES string of the molecule is Cl.ClCCCc1nccn1Cc1ccccc1. The van der Waals surface area contributed by atoms with Crippen LogP contribution in [0.4, 0.5) is 0 Å². The van der Waals surface area contributed by atoms with E-state index in [1.54, 1.807) is 0 Å². The van der Waals surface area contributed by atoms with Crippen LogP contribution in [0.5, 0.6) is 0 Å². The van der Waals surface area contributed by atoms with Gasteiger partial charge in [0.1, 0.15) is 5.82 Å². The van der Waals surface area contributed by atoms with Gasteiger partial charge in [-0.25, -0.2) is 4.98 Å². The molecule has 92 valence electrons. The van der Waals surface area contributed by atoms with E-state index in [2.05, 4.69) is 33.8 Å². The average Bonchev–Trinajstić information content (AvgIpc) is 2.75. The smallest absolute Gasteiger partial charge is 0.108 e. The molecule has 0 radical (unpaired) electrons. The molecule has 0 aliphatic carbocycles. The molecule has 0 aliphatic rings. The van der Waals surface area contributed by atoms with Crippen LogP contribution >= 0.6 is 24.0 Å². The Kier molecular flexibility index (Phi) is 6.09. The molecule has 4 heteroatoms. The lowest BCUT2D eigenvalue weighted by molar-refractivity contribution is 0.706. The Morgan fingerprint density at radius 1 is 1.18 bits per heavy atom. The normalized spacial score (nSPS) is 9.94. The maximum absolute atomic E-state index is 5.69. The second kappa shape index (κ2) is 7.36. The molecule has 0 spiro atoms. The van der Waals surface area contributed by atoms with Gasteiger partial charge in [-0.1, -0.05) is 30.3 Å². The number of rotatable bonds is 5. The number of alkyl halides is 1. The zero-order valence-corrected chi connectivity index (χ0v) is 11.1. The topological polar surface area (TPSA) is 17.8 Å². The molecular formula is C13H16Cl2N2. The summed E-state index contributed by atoms with van der Waals surface area (Å²) >= 11 is 5.69. The van der Waals surface area contributed by atoms with Crippen molar-refractivity contribution in [3.63, 3.8) is 0 Å². The first kappa shape index (κ1) is 14.1. The number of imidazole rings is 1. The van der Waals surface area contributed by atoms with E-state index in [1.165, 1.54) is 5.56 Å². The van der Waals surface area contributed by atoms with Gasteiger partial charge >= 0.3 is 0 Å². The molecule has 0 atom stereocenters. The molecule has 0 fully saturated rings. The summed E-state index contributed by atoms with van der Waals surface area (Å²) in [5, 5.41) is 0. The summed E-state index contributed by atoms with van der Waals surface area (Å²) in [5.74, 6) is 1.81. The minimum Gasteiger partial charge on any atom is -0.331 e. The van der Waals surface area contributed by atoms with E-state index in [0.29, 0.717) is 5.88 Å². The van der Waals surface area contributed by atoms with Gasteiger partial charge in [-0.05, 0) is 12.0 Å². The van der Waals surface area contributed by atoms with Gasteiger partial charge in [-0.2, -0.15) is 0 Å². The third kappa shape index (κ3) is 4.06. The Bertz CT molecular complexity index is 426. The molecule has 0 bridgehead atoms. The standard InChI is InChI=1S/C13H15ClN2.ClH/c14-8-4-7-13-15-9-10-16(13)11-12-5-2-1-3-6-12;/h1-3,5-6,9-10H,4,7-8,11H2;1H. The highest BCUT2D eigenvalue weighted by Gasteiger charge is 2.02. The predicted octanol–water partition coefficient (Wildman–Crippen LogP) is 3.52. The summed E-state index contributed by atoms with van der Waals surface area (Å²) in [6, 6.07) is 10.4. The molecule has 0 aliphatic heterocycles. The van der Waals surface area contributed by atoms with E-state index >= 15 is 0 Å². The molecule has 1 aromatic heterocycles. The first-order valence-corrected chi connectivity index (χ1v) is 6.03. The molecule has 0 N–H and O–H groups in total. The fourth-order valence-corrected chi connectivity index (χ4v) is 1.85. The third-order valence-electron chi connectivity index (χ3n) is 2.53. The van der Waals surface area contributed by atoms with Gasteiger partial charge in [0, 0.05) is 31.2 Å². The fourth-order valence-electron chi connectivity index (χ4n) is 1.72. The van der Waals surface area contributed by atoms with Crippen LogP contribution in [-0.4, -0.2) is 15.4 Å². The van der Waals surface area contributed by atoms with E-state index in [9.17, 15) is 0 Å². The van der Waals surface area contributed by atoms with E-state index < -0.39 is 0 Å². The number of hydrogen-bond acceptors (Lipinski definition) is 1. The van der Waals surface area contributed by atoms with Gasteiger partial charge in [0.05, 0.1) is 0 Å². The fraction of sp³-hybridized carbons (Fsp3) is 0.308. The van der Waals surface area contributed by atoms with Crippen molar-refractivity contribution in [3.8, 4) is 0 Å². The van der Waals surface area contributed by atoms with Gasteiger partial charge in [0.25, 0.3) is 0 Å². The van der Waals surface area contributed by atoms with Crippen LogP contribution in [0, 0.1) is 0 Å². The average molecular weight is 271 g/mol. The van der Waals surface area contributed by atoms with Crippen LogP contribution in [0.15, 0.2) is 42.7 Å². The zero-order valence-electron chi connectivity index (χ0n) is 9.55. The van der Waals surface area contributed by atoms with Crippen molar-refractivity contribution < 1.29 is 0 Å². The molecule has 0 saturated heterocycles. The van der Waals surface area contributed by atoms with Crippen LogP contribution in [-0.2, 0) is 13.0 Å². The highest BCUT2D eigenvalue weighted by atomic mass is 35.5. The highest BCUT2D eigenvalue weighted by molar-refractivity contribution is 6.17. The van der Waals surface area contributed by atoms with Crippen LogP contribution in [0.2, 0.25) is 0 Å². The monoisotopic (exact) mass is 270 g/mol. The first-order valence-electron chi connectivity index (χ1n) is 5.50. The summed E-state index contributed by atoms with van der Waals surface area (Å²) in [6.07, 6.45) is 5.81. The molecule has 0 unspecified atom stereocenters. The summed E-state index contributed by atoms with van der Waals surface area (Å²) in [6.45, 7) is 0.887. The molecular weight excluding hydrogens is 255 g/mol. The highest BCUT2D eigenvalue weighted by Crippen LogP contribution is 2.07. The molecule has 2 aromatic rings. The van der Waals surface area contributed by atoms with Gasteiger partial charge in [-0.15, -0.1) is 24.0 Å². The van der Waals surface area contributed by atoms with Crippen LogP contribution in [0.25, 0.3) is 0 Å². The van der Waals surface area contributed by atoms with Crippen molar-refractivity contribution in [2.75, 3.05) is 5.88 Å². The van der Waals surface area contributed by atoms with Gasteiger partial charge in [0.15, 0.2) is 0 Å². The number of hydrogen-bond donors (Lipinski definition) is 0. The maximum atomic E-state index is 5.69. The third-order valence-corrected chi connectivity index (χ3v) is 2.80. The Hall–Kier alpha value is -0.990. The molecule has 2 nitrogen and oxygen atoms in total. The van der Waals surface area contributed by atoms with Crippen molar-refractivity contribution in [3.05, 3.63) is 54.1 Å². The lowest BCUT2D eigenvalue weighted by Crippen LogP contribution is -2.04. The summed E-state index contributed by atoms with van der Waals surface area (Å²) in [4.78, 5) is 4.35. The number of benzene rings is 1. The van der Waals surface area contributed by atoms with E-state index in [4.69, 9.17) is 11.6 Å². The number of aryl methyl sites for hydroxylation is 1. The molecule has 17 heavy (non-hydrogen) atoms. The Morgan fingerprint density at radius 2 is 1.94 bits per heavy atom. The van der Waals surface area contributed by atoms with Crippen molar-refractivity contribution in [2.24, 2.45) is 0 Å². The lowest BCUT2D eigenvalue weighted by Gasteiger charge is -2.07. The van der Waals surface area contributed by atoms with Crippen LogP contribution in [0.1, 0.15) is 17.8 Å². The Balaban J connectivity index is 0.00000144. The van der Waals surface area contributed by atoms with Crippen molar-refractivity contribution in [1.82, 2.24) is 9.55 Å². The largest absolute Gasteiger partial charge is 0.331 e. The molecule has 2 rings (SSSR count). The Labute approximate surface area is 113 Å². The summed E-state index contributed by atoms with van der Waals surface area (Å²) in [5.41, 5.74) is 1.30. The Morgan fingerprint density at radius 3 is 2.65 bits per heavy atom. The van der Waals surface area contributed by atoms with Crippen molar-refractivity contribution in [1.29, 1.82) is 0 Å². The second-order valence-electron chi connectivity index (χ2n) is 3.75. The first-order chi connectivity index (χ1) is 7.90. The van der Waals surface area contributed by atoms with Crippen molar-refractivity contribution >= 4 is 24.0 Å². The van der Waals surface area contributed by atoms with E-state index in [0.717, 1.165) is 25.2 Å². The van der Waals surface area contributed by atoms with Crippen molar-refractivity contribution in [2.45, 2.75) is 19.4 Å². The van der Waals surface area contributed by atoms with Gasteiger partial charge in [0.2, 0.25) is 0 Å². The zero-order chi connectivity index (χ0) is 11.2. The number of aromatic nitrogens is 2. The quantitative estimate of drug-likeness (QED) is 0.761.